The number of nitrogens with one attached hydrogen (secondary N) is 1. The van der Waals surface area contributed by atoms with E-state index in [0.29, 0.717) is 21.9 Å². The van der Waals surface area contributed by atoms with Gasteiger partial charge < -0.3 is 15.2 Å². The number of hydrogen-bond donors (Lipinski definition) is 2. The lowest BCUT2D eigenvalue weighted by molar-refractivity contribution is -0.138. The lowest BCUT2D eigenvalue weighted by Gasteiger charge is -2.10. The van der Waals surface area contributed by atoms with Crippen LogP contribution in [0.1, 0.15) is 33.0 Å². The van der Waals surface area contributed by atoms with Crippen molar-refractivity contribution in [1.82, 2.24) is 0 Å². The molecule has 0 aliphatic heterocycles. The monoisotopic (exact) mass is 319 g/mol. The van der Waals surface area contributed by atoms with Crippen LogP contribution in [0.2, 0.25) is 0 Å². The van der Waals surface area contributed by atoms with Crippen molar-refractivity contribution < 1.29 is 19.4 Å². The fourth-order valence-corrected chi connectivity index (χ4v) is 2.89. The second-order valence-corrected chi connectivity index (χ2v) is 6.15. The maximum absolute atomic E-state index is 12.3. The van der Waals surface area contributed by atoms with Gasteiger partial charge in [0.2, 0.25) is 0 Å². The summed E-state index contributed by atoms with van der Waals surface area (Å²) in [6.07, 6.45) is 0. The highest BCUT2D eigenvalue weighted by atomic mass is 32.1. The molecule has 6 heteroatoms. The Morgan fingerprint density at radius 1 is 1.32 bits per heavy atom. The molecule has 1 heterocycles. The van der Waals surface area contributed by atoms with Crippen LogP contribution in [-0.4, -0.2) is 24.1 Å². The predicted octanol–water partition coefficient (Wildman–Crippen LogP) is 3.51. The molecule has 1 aromatic heterocycles. The van der Waals surface area contributed by atoms with Gasteiger partial charge in [0, 0.05) is 10.6 Å². The molecular formula is C16H17NO4S. The Morgan fingerprint density at radius 3 is 2.68 bits per heavy atom. The van der Waals surface area contributed by atoms with Gasteiger partial charge in [-0.25, -0.2) is 0 Å². The van der Waals surface area contributed by atoms with E-state index in [1.54, 1.807) is 31.2 Å². The van der Waals surface area contributed by atoms with Crippen LogP contribution in [0.5, 0.6) is 5.75 Å². The zero-order valence-corrected chi connectivity index (χ0v) is 13.4. The highest BCUT2D eigenvalue weighted by Crippen LogP contribution is 2.29. The first-order valence-corrected chi connectivity index (χ1v) is 7.52. The third-order valence-corrected chi connectivity index (χ3v) is 4.29. The summed E-state index contributed by atoms with van der Waals surface area (Å²) in [5.41, 5.74) is 1.20. The summed E-state index contributed by atoms with van der Waals surface area (Å²) in [6, 6.07) is 8.65. The molecule has 2 N–H and O–H groups in total. The van der Waals surface area contributed by atoms with E-state index in [9.17, 15) is 9.59 Å². The molecule has 0 aliphatic rings. The smallest absolute Gasteiger partial charge is 0.310 e. The molecule has 0 aliphatic carbocycles. The molecule has 22 heavy (non-hydrogen) atoms. The average molecular weight is 319 g/mol. The molecular weight excluding hydrogens is 302 g/mol. The van der Waals surface area contributed by atoms with Crippen LogP contribution in [0.25, 0.3) is 0 Å². The van der Waals surface area contributed by atoms with Crippen molar-refractivity contribution >= 4 is 28.9 Å². The van der Waals surface area contributed by atoms with Crippen molar-refractivity contribution in [2.45, 2.75) is 19.8 Å². The molecule has 0 saturated heterocycles. The summed E-state index contributed by atoms with van der Waals surface area (Å²) in [6.45, 7) is 3.51. The van der Waals surface area contributed by atoms with Crippen molar-refractivity contribution in [3.8, 4) is 5.75 Å². The second kappa shape index (κ2) is 6.62. The number of benzene rings is 1. The SMILES string of the molecule is COc1cc(C)sc1C(=O)Nc1cccc(C(C)C(=O)O)c1. The summed E-state index contributed by atoms with van der Waals surface area (Å²) in [7, 11) is 1.52. The first-order chi connectivity index (χ1) is 10.4. The summed E-state index contributed by atoms with van der Waals surface area (Å²) in [4.78, 5) is 24.8. The molecule has 0 fully saturated rings. The number of thiophene rings is 1. The topological polar surface area (TPSA) is 75.6 Å². The number of anilines is 1. The molecule has 0 spiro atoms. The summed E-state index contributed by atoms with van der Waals surface area (Å²) < 4.78 is 5.19. The molecule has 5 nitrogen and oxygen atoms in total. The number of rotatable bonds is 5. The number of aliphatic carboxylic acids is 1. The van der Waals surface area contributed by atoms with Gasteiger partial charge in [-0.1, -0.05) is 12.1 Å². The van der Waals surface area contributed by atoms with Crippen LogP contribution in [-0.2, 0) is 4.79 Å². The Bertz CT molecular complexity index is 708. The van der Waals surface area contributed by atoms with Crippen LogP contribution < -0.4 is 10.1 Å². The van der Waals surface area contributed by atoms with E-state index in [1.165, 1.54) is 18.4 Å². The minimum atomic E-state index is -0.904. The highest BCUT2D eigenvalue weighted by molar-refractivity contribution is 7.14. The van der Waals surface area contributed by atoms with Gasteiger partial charge in [-0.15, -0.1) is 11.3 Å². The third-order valence-electron chi connectivity index (χ3n) is 3.26. The largest absolute Gasteiger partial charge is 0.495 e. The Hall–Kier alpha value is -2.34. The van der Waals surface area contributed by atoms with Crippen LogP contribution in [0.4, 0.5) is 5.69 Å². The number of carboxylic acid groups (broad SMARTS) is 1. The number of amides is 1. The molecule has 1 atom stereocenters. The Morgan fingerprint density at radius 2 is 2.05 bits per heavy atom. The van der Waals surface area contributed by atoms with Gasteiger partial charge in [-0.2, -0.15) is 0 Å². The van der Waals surface area contributed by atoms with Gasteiger partial charge >= 0.3 is 5.97 Å². The van der Waals surface area contributed by atoms with Crippen LogP contribution in [0.15, 0.2) is 30.3 Å². The first kappa shape index (κ1) is 16.0. The van der Waals surface area contributed by atoms with Crippen molar-refractivity contribution in [2.75, 3.05) is 12.4 Å². The zero-order valence-electron chi connectivity index (χ0n) is 12.5. The number of carbonyl (C=O) groups excluding carboxylic acids is 1. The summed E-state index contributed by atoms with van der Waals surface area (Å²) >= 11 is 1.35. The number of hydrogen-bond acceptors (Lipinski definition) is 4. The fraction of sp³-hybridized carbons (Fsp3) is 0.250. The Labute approximate surface area is 132 Å². The van der Waals surface area contributed by atoms with E-state index in [1.807, 2.05) is 13.0 Å². The van der Waals surface area contributed by atoms with Crippen LogP contribution >= 0.6 is 11.3 Å². The molecule has 1 amide bonds. The lowest BCUT2D eigenvalue weighted by Crippen LogP contribution is -2.12. The number of carboxylic acids is 1. The number of carbonyl (C=O) groups is 2. The maximum atomic E-state index is 12.3. The number of aryl methyl sites for hydroxylation is 1. The predicted molar refractivity (Wildman–Crippen MR) is 86.1 cm³/mol. The summed E-state index contributed by atoms with van der Waals surface area (Å²) in [5, 5.41) is 11.8. The first-order valence-electron chi connectivity index (χ1n) is 6.71. The number of methoxy groups -OCH3 is 1. The molecule has 2 rings (SSSR count). The van der Waals surface area contributed by atoms with E-state index in [-0.39, 0.29) is 5.91 Å². The highest BCUT2D eigenvalue weighted by Gasteiger charge is 2.17. The lowest BCUT2D eigenvalue weighted by atomic mass is 10.0. The van der Waals surface area contributed by atoms with Crippen molar-refractivity contribution in [1.29, 1.82) is 0 Å². The molecule has 0 radical (unpaired) electrons. The third kappa shape index (κ3) is 3.46. The minimum absolute atomic E-state index is 0.268. The molecule has 1 aromatic carbocycles. The van der Waals surface area contributed by atoms with Gasteiger partial charge in [0.25, 0.3) is 5.91 Å². The van der Waals surface area contributed by atoms with E-state index in [0.717, 1.165) is 4.88 Å². The van der Waals surface area contributed by atoms with Crippen molar-refractivity contribution in [3.05, 3.63) is 45.6 Å². The second-order valence-electron chi connectivity index (χ2n) is 4.89. The normalized spacial score (nSPS) is 11.8. The Balaban J connectivity index is 2.21. The van der Waals surface area contributed by atoms with E-state index in [2.05, 4.69) is 5.32 Å². The van der Waals surface area contributed by atoms with Gasteiger partial charge in [0.05, 0.1) is 13.0 Å². The molecule has 0 bridgehead atoms. The molecule has 116 valence electrons. The van der Waals surface area contributed by atoms with Crippen LogP contribution in [0.3, 0.4) is 0 Å². The van der Waals surface area contributed by atoms with Gasteiger partial charge in [0.15, 0.2) is 0 Å². The summed E-state index contributed by atoms with van der Waals surface area (Å²) in [5.74, 6) is -1.26. The quantitative estimate of drug-likeness (QED) is 0.884. The minimum Gasteiger partial charge on any atom is -0.495 e. The van der Waals surface area contributed by atoms with E-state index < -0.39 is 11.9 Å². The van der Waals surface area contributed by atoms with E-state index in [4.69, 9.17) is 9.84 Å². The molecule has 1 unspecified atom stereocenters. The number of ether oxygens (including phenoxy) is 1. The van der Waals surface area contributed by atoms with Gasteiger partial charge in [0.1, 0.15) is 10.6 Å². The van der Waals surface area contributed by atoms with Gasteiger partial charge in [-0.05, 0) is 37.6 Å². The van der Waals surface area contributed by atoms with Gasteiger partial charge in [-0.3, -0.25) is 9.59 Å². The maximum Gasteiger partial charge on any atom is 0.310 e. The van der Waals surface area contributed by atoms with Crippen molar-refractivity contribution in [2.24, 2.45) is 0 Å². The van der Waals surface area contributed by atoms with E-state index >= 15 is 0 Å². The molecule has 0 saturated carbocycles. The molecule has 2 aromatic rings. The Kier molecular flexibility index (Phi) is 4.82. The van der Waals surface area contributed by atoms with Crippen molar-refractivity contribution in [3.63, 3.8) is 0 Å². The van der Waals surface area contributed by atoms with Crippen LogP contribution in [0, 0.1) is 6.92 Å². The zero-order chi connectivity index (χ0) is 16.3. The average Bonchev–Trinajstić information content (AvgIpc) is 2.87. The fourth-order valence-electron chi connectivity index (χ4n) is 2.02. The standard InChI is InChI=1S/C16H17NO4S/c1-9-7-13(21-3)14(22-9)15(18)17-12-6-4-5-11(8-12)10(2)16(19)20/h4-8,10H,1-3H3,(H,17,18)(H,19,20).